The lowest BCUT2D eigenvalue weighted by molar-refractivity contribution is 0.410. The fourth-order valence-corrected chi connectivity index (χ4v) is 2.59. The van der Waals surface area contributed by atoms with Gasteiger partial charge in [0.2, 0.25) is 0 Å². The topological polar surface area (TPSA) is 40.5 Å². The Morgan fingerprint density at radius 2 is 1.25 bits per heavy atom. The Kier molecular flexibility index (Phi) is 6.08. The van der Waals surface area contributed by atoms with Crippen LogP contribution in [0.3, 0.4) is 0 Å². The molecule has 0 aromatic heterocycles. The molecule has 3 heteroatoms. The van der Waals surface area contributed by atoms with E-state index in [2.05, 4.69) is 27.7 Å². The summed E-state index contributed by atoms with van der Waals surface area (Å²) in [5.41, 5.74) is 0.111. The first-order chi connectivity index (χ1) is 5.43. The van der Waals surface area contributed by atoms with Crippen LogP contribution in [0.25, 0.3) is 0 Å². The molecule has 0 atom stereocenters. The first-order valence-electron chi connectivity index (χ1n) is 4.60. The van der Waals surface area contributed by atoms with Gasteiger partial charge in [0.05, 0.1) is 0 Å². The second kappa shape index (κ2) is 5.90. The molecule has 2 nitrogen and oxygen atoms in total. The second-order valence-corrected chi connectivity index (χ2v) is 5.60. The highest BCUT2D eigenvalue weighted by Gasteiger charge is 2.19. The van der Waals surface area contributed by atoms with E-state index in [1.807, 2.05) is 0 Å². The fraction of sp³-hybridized carbons (Fsp3) is 1.00. The van der Waals surface area contributed by atoms with E-state index < -0.39 is 8.38 Å². The van der Waals surface area contributed by atoms with E-state index in [1.165, 1.54) is 0 Å². The predicted molar refractivity (Wildman–Crippen MR) is 54.1 cm³/mol. The van der Waals surface area contributed by atoms with E-state index in [0.29, 0.717) is 11.8 Å². The minimum atomic E-state index is -1.73. The monoisotopic (exact) mass is 192 g/mol. The maximum Gasteiger partial charge on any atom is 0.168 e. The first-order valence-corrected chi connectivity index (χ1v) is 5.92. The zero-order valence-corrected chi connectivity index (χ0v) is 9.38. The molecule has 12 heavy (non-hydrogen) atoms. The molecule has 0 bridgehead atoms. The Bertz CT molecular complexity index is 103. The average Bonchev–Trinajstić information content (AvgIpc) is 1.83. The van der Waals surface area contributed by atoms with E-state index in [-0.39, 0.29) is 5.66 Å². The quantitative estimate of drug-likeness (QED) is 0.657. The number of hydrogen-bond donors (Lipinski definition) is 2. The molecule has 0 fully saturated rings. The van der Waals surface area contributed by atoms with Crippen molar-refractivity contribution in [2.24, 2.45) is 11.8 Å². The van der Waals surface area contributed by atoms with Crippen molar-refractivity contribution in [3.8, 4) is 0 Å². The van der Waals surface area contributed by atoms with Gasteiger partial charge in [-0.15, -0.1) is 0 Å². The SMILES string of the molecule is CC(C)CC(CC(C)C)P(O)O. The zero-order valence-electron chi connectivity index (χ0n) is 8.49. The van der Waals surface area contributed by atoms with Crippen molar-refractivity contribution >= 4 is 8.38 Å². The lowest BCUT2D eigenvalue weighted by Crippen LogP contribution is -2.12. The lowest BCUT2D eigenvalue weighted by atomic mass is 10.0. The minimum absolute atomic E-state index is 0.111. The molecule has 0 spiro atoms. The minimum Gasteiger partial charge on any atom is -0.350 e. The highest BCUT2D eigenvalue weighted by molar-refractivity contribution is 7.45. The normalized spacial score (nSPS) is 12.5. The summed E-state index contributed by atoms with van der Waals surface area (Å²) >= 11 is 0. The summed E-state index contributed by atoms with van der Waals surface area (Å²) in [5, 5.41) is 0. The van der Waals surface area contributed by atoms with E-state index in [4.69, 9.17) is 9.79 Å². The standard InChI is InChI=1S/C9H21O2P/c1-7(2)5-9(12(10)11)6-8(3)4/h7-11H,5-6H2,1-4H3. The summed E-state index contributed by atoms with van der Waals surface area (Å²) in [6.45, 7) is 8.47. The van der Waals surface area contributed by atoms with Crippen molar-refractivity contribution in [2.75, 3.05) is 0 Å². The first kappa shape index (κ1) is 12.3. The molecular formula is C9H21O2P. The highest BCUT2D eigenvalue weighted by atomic mass is 31.2. The molecule has 0 aromatic rings. The van der Waals surface area contributed by atoms with E-state index in [9.17, 15) is 0 Å². The summed E-state index contributed by atoms with van der Waals surface area (Å²) < 4.78 is 0. The van der Waals surface area contributed by atoms with Crippen molar-refractivity contribution < 1.29 is 9.79 Å². The van der Waals surface area contributed by atoms with Crippen molar-refractivity contribution in [1.82, 2.24) is 0 Å². The molecule has 0 aliphatic carbocycles. The van der Waals surface area contributed by atoms with E-state index in [1.54, 1.807) is 0 Å². The van der Waals surface area contributed by atoms with Crippen LogP contribution >= 0.6 is 8.38 Å². The Balaban J connectivity index is 3.87. The van der Waals surface area contributed by atoms with Crippen LogP contribution < -0.4 is 0 Å². The highest BCUT2D eigenvalue weighted by Crippen LogP contribution is 2.38. The molecule has 0 aliphatic heterocycles. The molecule has 0 unspecified atom stereocenters. The van der Waals surface area contributed by atoms with E-state index >= 15 is 0 Å². The zero-order chi connectivity index (χ0) is 9.72. The third-order valence-electron chi connectivity index (χ3n) is 1.81. The Morgan fingerprint density at radius 3 is 1.42 bits per heavy atom. The van der Waals surface area contributed by atoms with Gasteiger partial charge in [-0.3, -0.25) is 0 Å². The molecule has 0 saturated carbocycles. The van der Waals surface area contributed by atoms with Gasteiger partial charge in [0.25, 0.3) is 0 Å². The van der Waals surface area contributed by atoms with Crippen LogP contribution in [0, 0.1) is 11.8 Å². The van der Waals surface area contributed by atoms with Gasteiger partial charge < -0.3 is 9.79 Å². The van der Waals surface area contributed by atoms with Gasteiger partial charge in [0.15, 0.2) is 8.38 Å². The number of hydrogen-bond acceptors (Lipinski definition) is 2. The van der Waals surface area contributed by atoms with Crippen molar-refractivity contribution in [1.29, 1.82) is 0 Å². The average molecular weight is 192 g/mol. The molecule has 0 saturated heterocycles. The van der Waals surface area contributed by atoms with Gasteiger partial charge in [-0.25, -0.2) is 0 Å². The predicted octanol–water partition coefficient (Wildman–Crippen LogP) is 2.74. The van der Waals surface area contributed by atoms with Gasteiger partial charge >= 0.3 is 0 Å². The maximum absolute atomic E-state index is 9.13. The van der Waals surface area contributed by atoms with Gasteiger partial charge in [0.1, 0.15) is 0 Å². The van der Waals surface area contributed by atoms with Gasteiger partial charge in [-0.2, -0.15) is 0 Å². The third kappa shape index (κ3) is 5.93. The smallest absolute Gasteiger partial charge is 0.168 e. The van der Waals surface area contributed by atoms with Crippen LogP contribution in [-0.2, 0) is 0 Å². The molecule has 0 amide bonds. The molecule has 0 rings (SSSR count). The van der Waals surface area contributed by atoms with Crippen LogP contribution in [-0.4, -0.2) is 15.4 Å². The molecule has 0 heterocycles. The summed E-state index contributed by atoms with van der Waals surface area (Å²) in [5.74, 6) is 1.11. The third-order valence-corrected chi connectivity index (χ3v) is 2.89. The van der Waals surface area contributed by atoms with Crippen LogP contribution in [0.1, 0.15) is 40.5 Å². The van der Waals surface area contributed by atoms with Crippen LogP contribution in [0.5, 0.6) is 0 Å². The molecule has 0 aromatic carbocycles. The Labute approximate surface area is 76.9 Å². The molecule has 74 valence electrons. The molecule has 2 N–H and O–H groups in total. The molecular weight excluding hydrogens is 171 g/mol. The largest absolute Gasteiger partial charge is 0.350 e. The fourth-order valence-electron chi connectivity index (χ4n) is 1.37. The summed E-state index contributed by atoms with van der Waals surface area (Å²) in [4.78, 5) is 18.3. The van der Waals surface area contributed by atoms with Crippen molar-refractivity contribution in [2.45, 2.75) is 46.2 Å². The van der Waals surface area contributed by atoms with Crippen LogP contribution in [0.2, 0.25) is 0 Å². The van der Waals surface area contributed by atoms with Gasteiger partial charge in [-0.1, -0.05) is 27.7 Å². The van der Waals surface area contributed by atoms with Crippen LogP contribution in [0.4, 0.5) is 0 Å². The Hall–Kier alpha value is 0.350. The summed E-state index contributed by atoms with van der Waals surface area (Å²) in [7, 11) is -1.73. The Morgan fingerprint density at radius 1 is 0.917 bits per heavy atom. The second-order valence-electron chi connectivity index (χ2n) is 4.23. The van der Waals surface area contributed by atoms with Gasteiger partial charge in [0, 0.05) is 5.66 Å². The summed E-state index contributed by atoms with van der Waals surface area (Å²) in [6.07, 6.45) is 1.85. The maximum atomic E-state index is 9.13. The molecule has 0 aliphatic rings. The van der Waals surface area contributed by atoms with Crippen molar-refractivity contribution in [3.05, 3.63) is 0 Å². The lowest BCUT2D eigenvalue weighted by Gasteiger charge is -2.21. The van der Waals surface area contributed by atoms with Gasteiger partial charge in [-0.05, 0) is 24.7 Å². The molecule has 0 radical (unpaired) electrons. The van der Waals surface area contributed by atoms with Crippen molar-refractivity contribution in [3.63, 3.8) is 0 Å². The van der Waals surface area contributed by atoms with E-state index in [0.717, 1.165) is 12.8 Å². The summed E-state index contributed by atoms with van der Waals surface area (Å²) in [6, 6.07) is 0. The van der Waals surface area contributed by atoms with Crippen LogP contribution in [0.15, 0.2) is 0 Å². The number of rotatable bonds is 5.